The van der Waals surface area contributed by atoms with Crippen molar-refractivity contribution in [3.05, 3.63) is 44.2 Å². The van der Waals surface area contributed by atoms with E-state index in [9.17, 15) is 18.0 Å². The summed E-state index contributed by atoms with van der Waals surface area (Å²) < 4.78 is 30.7. The molecule has 0 saturated heterocycles. The van der Waals surface area contributed by atoms with Gasteiger partial charge in [0.1, 0.15) is 5.00 Å². The Balaban J connectivity index is 1.70. The number of thiophene rings is 1. The number of nitrogens with zero attached hydrogens (tertiary/aromatic N) is 1. The van der Waals surface area contributed by atoms with Crippen LogP contribution in [-0.2, 0) is 32.4 Å². The van der Waals surface area contributed by atoms with Crippen molar-refractivity contribution in [2.75, 3.05) is 29.5 Å². The van der Waals surface area contributed by atoms with Crippen LogP contribution in [0.4, 0.5) is 10.7 Å². The van der Waals surface area contributed by atoms with Gasteiger partial charge in [0.25, 0.3) is 0 Å². The predicted octanol–water partition coefficient (Wildman–Crippen LogP) is 4.91. The number of fused-ring (bicyclic) bond motifs is 1. The molecule has 1 aliphatic carbocycles. The highest BCUT2D eigenvalue weighted by molar-refractivity contribution is 7.92. The molecule has 0 bridgehead atoms. The van der Waals surface area contributed by atoms with E-state index in [4.69, 9.17) is 27.9 Å². The van der Waals surface area contributed by atoms with Gasteiger partial charge >= 0.3 is 5.97 Å². The third kappa shape index (κ3) is 5.75. The second-order valence-electron chi connectivity index (χ2n) is 7.49. The number of sulfonamides is 1. The smallest absolute Gasteiger partial charge is 0.341 e. The molecule has 32 heavy (non-hydrogen) atoms. The Hall–Kier alpha value is -1.81. The van der Waals surface area contributed by atoms with Crippen LogP contribution in [0.3, 0.4) is 0 Å². The number of nitrogens with one attached hydrogen (secondary N) is 1. The van der Waals surface area contributed by atoms with Crippen molar-refractivity contribution in [3.8, 4) is 0 Å². The molecule has 174 valence electrons. The van der Waals surface area contributed by atoms with Gasteiger partial charge in [-0.3, -0.25) is 9.10 Å². The summed E-state index contributed by atoms with van der Waals surface area (Å²) in [6.45, 7) is 0.0527. The van der Waals surface area contributed by atoms with Gasteiger partial charge < -0.3 is 10.1 Å². The topological polar surface area (TPSA) is 92.8 Å². The second-order valence-corrected chi connectivity index (χ2v) is 11.3. The number of anilines is 2. The lowest BCUT2D eigenvalue weighted by atomic mass is 9.95. The molecule has 7 nitrogen and oxygen atoms in total. The molecule has 1 aromatic heterocycles. The Kier molecular flexibility index (Phi) is 8.08. The molecule has 0 fully saturated rings. The van der Waals surface area contributed by atoms with Gasteiger partial charge in [-0.05, 0) is 55.9 Å². The molecule has 2 aromatic rings. The predicted molar refractivity (Wildman–Crippen MR) is 129 cm³/mol. The average Bonchev–Trinajstić information content (AvgIpc) is 3.09. The van der Waals surface area contributed by atoms with Gasteiger partial charge in [-0.1, -0.05) is 23.2 Å². The van der Waals surface area contributed by atoms with Crippen molar-refractivity contribution < 1.29 is 22.7 Å². The van der Waals surface area contributed by atoms with E-state index in [0.717, 1.165) is 46.7 Å². The maximum absolute atomic E-state index is 12.6. The molecule has 0 radical (unpaired) electrons. The minimum absolute atomic E-state index is 0.0527. The number of aryl methyl sites for hydroxylation is 1. The largest absolute Gasteiger partial charge is 0.465 e. The summed E-state index contributed by atoms with van der Waals surface area (Å²) in [5.41, 5.74) is 1.66. The summed E-state index contributed by atoms with van der Waals surface area (Å²) in [7, 11) is -2.32. The van der Waals surface area contributed by atoms with Crippen LogP contribution >= 0.6 is 34.5 Å². The van der Waals surface area contributed by atoms with E-state index in [0.29, 0.717) is 15.6 Å². The SMILES string of the molecule is COC(=O)c1c(NC(=O)CCCN(c2cc(Cl)ccc2Cl)S(C)(=O)=O)sc2c1CCCC2. The molecule has 3 rings (SSSR count). The lowest BCUT2D eigenvalue weighted by Gasteiger charge is -2.23. The standard InChI is InChI=1S/C21H24Cl2N2O5S2/c1-30-21(27)19-14-6-3-4-7-17(14)31-20(19)24-18(26)8-5-11-25(32(2,28)29)16-12-13(22)9-10-15(16)23/h9-10,12H,3-8,11H2,1-2H3,(H,24,26). The molecule has 0 aliphatic heterocycles. The van der Waals surface area contributed by atoms with Gasteiger partial charge in [0, 0.05) is 22.9 Å². The summed E-state index contributed by atoms with van der Waals surface area (Å²) in [5.74, 6) is -0.766. The summed E-state index contributed by atoms with van der Waals surface area (Å²) in [4.78, 5) is 26.0. The van der Waals surface area contributed by atoms with E-state index in [-0.39, 0.29) is 36.0 Å². The first kappa shape index (κ1) is 24.8. The molecule has 1 heterocycles. The number of hydrogen-bond donors (Lipinski definition) is 1. The van der Waals surface area contributed by atoms with Crippen LogP contribution in [0.25, 0.3) is 0 Å². The molecule has 0 unspecified atom stereocenters. The molecule has 0 saturated carbocycles. The fraction of sp³-hybridized carbons (Fsp3) is 0.429. The van der Waals surface area contributed by atoms with Gasteiger partial charge in [-0.15, -0.1) is 11.3 Å². The van der Waals surface area contributed by atoms with Crippen LogP contribution in [0, 0.1) is 0 Å². The number of carbonyl (C=O) groups excluding carboxylic acids is 2. The first-order valence-electron chi connectivity index (χ1n) is 10.1. The van der Waals surface area contributed by atoms with Crippen molar-refractivity contribution in [1.82, 2.24) is 0 Å². The third-order valence-electron chi connectivity index (χ3n) is 5.16. The molecule has 0 atom stereocenters. The van der Waals surface area contributed by atoms with Crippen LogP contribution in [-0.4, -0.2) is 40.2 Å². The number of carbonyl (C=O) groups is 2. The van der Waals surface area contributed by atoms with E-state index < -0.39 is 16.0 Å². The van der Waals surface area contributed by atoms with E-state index in [1.807, 2.05) is 0 Å². The van der Waals surface area contributed by atoms with Crippen LogP contribution in [0.5, 0.6) is 0 Å². The quantitative estimate of drug-likeness (QED) is 0.501. The van der Waals surface area contributed by atoms with Crippen LogP contribution in [0.2, 0.25) is 10.0 Å². The number of rotatable bonds is 8. The van der Waals surface area contributed by atoms with E-state index >= 15 is 0 Å². The zero-order valence-electron chi connectivity index (χ0n) is 17.7. The number of esters is 1. The molecule has 1 aromatic carbocycles. The van der Waals surface area contributed by atoms with E-state index in [1.165, 1.54) is 30.6 Å². The van der Waals surface area contributed by atoms with E-state index in [1.54, 1.807) is 6.07 Å². The number of ether oxygens (including phenoxy) is 1. The number of amides is 1. The summed E-state index contributed by atoms with van der Waals surface area (Å²) >= 11 is 13.6. The summed E-state index contributed by atoms with van der Waals surface area (Å²) in [6, 6.07) is 4.57. The summed E-state index contributed by atoms with van der Waals surface area (Å²) in [6.07, 6.45) is 5.10. The Morgan fingerprint density at radius 1 is 1.22 bits per heavy atom. The Labute approximate surface area is 201 Å². The van der Waals surface area contributed by atoms with Crippen molar-refractivity contribution in [3.63, 3.8) is 0 Å². The molecule has 1 N–H and O–H groups in total. The fourth-order valence-corrected chi connectivity index (χ4v) is 6.38. The first-order chi connectivity index (χ1) is 15.1. The fourth-order valence-electron chi connectivity index (χ4n) is 3.69. The number of hydrogen-bond acceptors (Lipinski definition) is 6. The first-order valence-corrected chi connectivity index (χ1v) is 13.5. The molecular weight excluding hydrogens is 495 g/mol. The Morgan fingerprint density at radius 2 is 1.94 bits per heavy atom. The van der Waals surface area contributed by atoms with Crippen molar-refractivity contribution in [1.29, 1.82) is 0 Å². The van der Waals surface area contributed by atoms with E-state index in [2.05, 4.69) is 5.32 Å². The van der Waals surface area contributed by atoms with Crippen molar-refractivity contribution in [2.45, 2.75) is 38.5 Å². The minimum atomic E-state index is -3.64. The minimum Gasteiger partial charge on any atom is -0.465 e. The lowest BCUT2D eigenvalue weighted by Crippen LogP contribution is -2.31. The maximum Gasteiger partial charge on any atom is 0.341 e. The highest BCUT2D eigenvalue weighted by Gasteiger charge is 2.27. The molecule has 0 spiro atoms. The van der Waals surface area contributed by atoms with Crippen LogP contribution in [0.15, 0.2) is 18.2 Å². The van der Waals surface area contributed by atoms with Gasteiger partial charge in [-0.25, -0.2) is 13.2 Å². The normalized spacial score (nSPS) is 13.4. The second kappa shape index (κ2) is 10.4. The van der Waals surface area contributed by atoms with Crippen LogP contribution < -0.4 is 9.62 Å². The lowest BCUT2D eigenvalue weighted by molar-refractivity contribution is -0.116. The molecular formula is C21H24Cl2N2O5S2. The zero-order chi connectivity index (χ0) is 23.5. The molecule has 1 aliphatic rings. The Morgan fingerprint density at radius 3 is 2.62 bits per heavy atom. The maximum atomic E-state index is 12.6. The molecule has 1 amide bonds. The highest BCUT2D eigenvalue weighted by Crippen LogP contribution is 2.38. The highest BCUT2D eigenvalue weighted by atomic mass is 35.5. The molecule has 11 heteroatoms. The van der Waals surface area contributed by atoms with Crippen molar-refractivity contribution >= 4 is 67.1 Å². The number of benzene rings is 1. The Bertz CT molecular complexity index is 1130. The van der Waals surface area contributed by atoms with Gasteiger partial charge in [0.05, 0.1) is 29.6 Å². The monoisotopic (exact) mass is 518 g/mol. The van der Waals surface area contributed by atoms with Gasteiger partial charge in [-0.2, -0.15) is 0 Å². The third-order valence-corrected chi connectivity index (χ3v) is 8.10. The van der Waals surface area contributed by atoms with Crippen LogP contribution in [0.1, 0.15) is 46.5 Å². The number of halogens is 2. The van der Waals surface area contributed by atoms with Gasteiger partial charge in [0.2, 0.25) is 15.9 Å². The average molecular weight is 519 g/mol. The van der Waals surface area contributed by atoms with Crippen molar-refractivity contribution in [2.24, 2.45) is 0 Å². The van der Waals surface area contributed by atoms with Gasteiger partial charge in [0.15, 0.2) is 0 Å². The summed E-state index contributed by atoms with van der Waals surface area (Å²) in [5, 5.41) is 3.91. The zero-order valence-corrected chi connectivity index (χ0v) is 20.9. The number of methoxy groups -OCH3 is 1.